The molecule has 0 spiro atoms. The van der Waals surface area contributed by atoms with Crippen LogP contribution in [0.1, 0.15) is 31.2 Å². The number of likely N-dealkylation sites (tertiary alicyclic amines) is 1. The predicted octanol–water partition coefficient (Wildman–Crippen LogP) is 1.99. The molecule has 1 aliphatic rings. The molecule has 1 fully saturated rings. The van der Waals surface area contributed by atoms with E-state index in [9.17, 15) is 4.79 Å². The summed E-state index contributed by atoms with van der Waals surface area (Å²) in [5, 5.41) is 0. The van der Waals surface area contributed by atoms with Gasteiger partial charge in [-0.15, -0.1) is 0 Å². The van der Waals surface area contributed by atoms with E-state index in [1.165, 1.54) is 5.56 Å². The average Bonchev–Trinajstić information content (AvgIpc) is 2.39. The third-order valence-corrected chi connectivity index (χ3v) is 3.95. The van der Waals surface area contributed by atoms with E-state index in [2.05, 4.69) is 42.2 Å². The molecule has 0 unspecified atom stereocenters. The zero-order chi connectivity index (χ0) is 13.0. The number of primary amides is 1. The van der Waals surface area contributed by atoms with Crippen molar-refractivity contribution in [2.75, 3.05) is 19.6 Å². The molecule has 18 heavy (non-hydrogen) atoms. The van der Waals surface area contributed by atoms with Crippen molar-refractivity contribution in [3.8, 4) is 0 Å². The maximum atomic E-state index is 11.0. The number of carbonyl (C=O) groups is 1. The Morgan fingerprint density at radius 2 is 2.11 bits per heavy atom. The number of nitrogens with two attached hydrogens (primary N) is 1. The molecule has 2 atom stereocenters. The van der Waals surface area contributed by atoms with Crippen LogP contribution in [0.4, 0.5) is 0 Å². The molecule has 98 valence electrons. The van der Waals surface area contributed by atoms with Gasteiger partial charge in [-0.25, -0.2) is 0 Å². The Labute approximate surface area is 109 Å². The quantitative estimate of drug-likeness (QED) is 0.883. The first-order chi connectivity index (χ1) is 8.70. The van der Waals surface area contributed by atoms with E-state index in [-0.39, 0.29) is 5.91 Å². The van der Waals surface area contributed by atoms with Crippen molar-refractivity contribution < 1.29 is 4.79 Å². The monoisotopic (exact) mass is 246 g/mol. The maximum Gasteiger partial charge on any atom is 0.231 e. The summed E-state index contributed by atoms with van der Waals surface area (Å²) in [7, 11) is 0. The van der Waals surface area contributed by atoms with Gasteiger partial charge in [0.05, 0.1) is 6.54 Å². The topological polar surface area (TPSA) is 46.3 Å². The number of benzene rings is 1. The molecule has 1 heterocycles. The maximum absolute atomic E-state index is 11.0. The van der Waals surface area contributed by atoms with Crippen molar-refractivity contribution in [1.82, 2.24) is 4.90 Å². The van der Waals surface area contributed by atoms with Crippen molar-refractivity contribution in [2.45, 2.75) is 25.7 Å². The SMILES string of the molecule is CC[C@@H]1CN(CC(N)=O)CC[C@H]1c1ccccc1. The molecular formula is C15H22N2O. The van der Waals surface area contributed by atoms with Crippen molar-refractivity contribution in [3.05, 3.63) is 35.9 Å². The van der Waals surface area contributed by atoms with Crippen LogP contribution in [-0.4, -0.2) is 30.4 Å². The molecular weight excluding hydrogens is 224 g/mol. The van der Waals surface area contributed by atoms with Crippen LogP contribution in [0.3, 0.4) is 0 Å². The van der Waals surface area contributed by atoms with Crippen LogP contribution in [0.5, 0.6) is 0 Å². The number of hydrogen-bond donors (Lipinski definition) is 1. The third kappa shape index (κ3) is 3.10. The number of hydrogen-bond acceptors (Lipinski definition) is 2. The summed E-state index contributed by atoms with van der Waals surface area (Å²) in [4.78, 5) is 13.2. The minimum absolute atomic E-state index is 0.219. The van der Waals surface area contributed by atoms with Crippen LogP contribution in [0.2, 0.25) is 0 Å². The van der Waals surface area contributed by atoms with Gasteiger partial charge in [0, 0.05) is 6.54 Å². The van der Waals surface area contributed by atoms with Gasteiger partial charge in [-0.3, -0.25) is 9.69 Å². The fraction of sp³-hybridized carbons (Fsp3) is 0.533. The van der Waals surface area contributed by atoms with Gasteiger partial charge in [-0.1, -0.05) is 43.7 Å². The summed E-state index contributed by atoms with van der Waals surface area (Å²) < 4.78 is 0. The molecule has 3 nitrogen and oxygen atoms in total. The summed E-state index contributed by atoms with van der Waals surface area (Å²) in [6, 6.07) is 10.7. The highest BCUT2D eigenvalue weighted by Gasteiger charge is 2.29. The zero-order valence-corrected chi connectivity index (χ0v) is 11.0. The van der Waals surface area contributed by atoms with Gasteiger partial charge in [0.1, 0.15) is 0 Å². The third-order valence-electron chi connectivity index (χ3n) is 3.95. The van der Waals surface area contributed by atoms with E-state index in [0.29, 0.717) is 18.4 Å². The Morgan fingerprint density at radius 3 is 2.72 bits per heavy atom. The fourth-order valence-electron chi connectivity index (χ4n) is 3.02. The van der Waals surface area contributed by atoms with Crippen molar-refractivity contribution in [2.24, 2.45) is 11.7 Å². The Kier molecular flexibility index (Phi) is 4.37. The highest BCUT2D eigenvalue weighted by atomic mass is 16.1. The van der Waals surface area contributed by atoms with Crippen LogP contribution in [0, 0.1) is 5.92 Å². The summed E-state index contributed by atoms with van der Waals surface area (Å²) in [5.74, 6) is 1.03. The fourth-order valence-corrected chi connectivity index (χ4v) is 3.02. The molecule has 1 aromatic carbocycles. The van der Waals surface area contributed by atoms with Gasteiger partial charge >= 0.3 is 0 Å². The van der Waals surface area contributed by atoms with Crippen LogP contribution in [0.15, 0.2) is 30.3 Å². The lowest BCUT2D eigenvalue weighted by Crippen LogP contribution is -2.43. The standard InChI is InChI=1S/C15H22N2O/c1-2-12-10-17(11-15(16)18)9-8-14(12)13-6-4-3-5-7-13/h3-7,12,14H,2,8-11H2,1H3,(H2,16,18)/t12-,14-/m1/s1. The van der Waals surface area contributed by atoms with E-state index in [1.54, 1.807) is 0 Å². The van der Waals surface area contributed by atoms with Crippen LogP contribution in [-0.2, 0) is 4.79 Å². The molecule has 2 rings (SSSR count). The zero-order valence-electron chi connectivity index (χ0n) is 11.0. The molecule has 0 radical (unpaired) electrons. The van der Waals surface area contributed by atoms with Gasteiger partial charge in [0.25, 0.3) is 0 Å². The second-order valence-corrected chi connectivity index (χ2v) is 5.18. The Balaban J connectivity index is 2.04. The highest BCUT2D eigenvalue weighted by Crippen LogP contribution is 2.34. The number of carbonyl (C=O) groups excluding carboxylic acids is 1. The number of piperidine rings is 1. The van der Waals surface area contributed by atoms with Crippen LogP contribution < -0.4 is 5.73 Å². The minimum Gasteiger partial charge on any atom is -0.369 e. The molecule has 0 saturated carbocycles. The lowest BCUT2D eigenvalue weighted by atomic mass is 9.79. The Hall–Kier alpha value is -1.35. The minimum atomic E-state index is -0.219. The van der Waals surface area contributed by atoms with E-state index in [1.807, 2.05) is 0 Å². The first kappa shape index (κ1) is 13.1. The summed E-state index contributed by atoms with van der Waals surface area (Å²) in [6.07, 6.45) is 2.27. The molecule has 0 aromatic heterocycles. The van der Waals surface area contributed by atoms with Crippen LogP contribution >= 0.6 is 0 Å². The number of amides is 1. The van der Waals surface area contributed by atoms with Gasteiger partial charge in [0.15, 0.2) is 0 Å². The normalized spacial score (nSPS) is 24.9. The highest BCUT2D eigenvalue weighted by molar-refractivity contribution is 5.75. The van der Waals surface area contributed by atoms with Gasteiger partial charge < -0.3 is 5.73 Å². The summed E-state index contributed by atoms with van der Waals surface area (Å²) in [6.45, 7) is 4.59. The summed E-state index contributed by atoms with van der Waals surface area (Å²) >= 11 is 0. The van der Waals surface area contributed by atoms with E-state index < -0.39 is 0 Å². The number of nitrogens with zero attached hydrogens (tertiary/aromatic N) is 1. The van der Waals surface area contributed by atoms with Crippen molar-refractivity contribution >= 4 is 5.91 Å². The molecule has 2 N–H and O–H groups in total. The first-order valence-electron chi connectivity index (χ1n) is 6.76. The molecule has 1 aromatic rings. The van der Waals surface area contributed by atoms with Crippen LogP contribution in [0.25, 0.3) is 0 Å². The van der Waals surface area contributed by atoms with Gasteiger partial charge in [0.2, 0.25) is 5.91 Å². The van der Waals surface area contributed by atoms with E-state index in [0.717, 1.165) is 25.9 Å². The van der Waals surface area contributed by atoms with Crippen molar-refractivity contribution in [3.63, 3.8) is 0 Å². The lowest BCUT2D eigenvalue weighted by molar-refractivity contribution is -0.119. The number of rotatable bonds is 4. The van der Waals surface area contributed by atoms with Gasteiger partial charge in [-0.2, -0.15) is 0 Å². The molecule has 0 aliphatic carbocycles. The predicted molar refractivity (Wildman–Crippen MR) is 73.2 cm³/mol. The smallest absolute Gasteiger partial charge is 0.231 e. The molecule has 3 heteroatoms. The van der Waals surface area contributed by atoms with E-state index >= 15 is 0 Å². The largest absolute Gasteiger partial charge is 0.369 e. The Morgan fingerprint density at radius 1 is 1.39 bits per heavy atom. The second kappa shape index (κ2) is 6.01. The molecule has 1 amide bonds. The second-order valence-electron chi connectivity index (χ2n) is 5.18. The molecule has 0 bridgehead atoms. The van der Waals surface area contributed by atoms with Gasteiger partial charge in [-0.05, 0) is 30.4 Å². The van der Waals surface area contributed by atoms with E-state index in [4.69, 9.17) is 5.73 Å². The van der Waals surface area contributed by atoms with Crippen molar-refractivity contribution in [1.29, 1.82) is 0 Å². The molecule has 1 aliphatic heterocycles. The lowest BCUT2D eigenvalue weighted by Gasteiger charge is -2.38. The first-order valence-corrected chi connectivity index (χ1v) is 6.76. The average molecular weight is 246 g/mol. The molecule has 1 saturated heterocycles. The Bertz CT molecular complexity index is 391. The summed E-state index contributed by atoms with van der Waals surface area (Å²) in [5.41, 5.74) is 6.71.